The lowest BCUT2D eigenvalue weighted by atomic mass is 10.3. The van der Waals surface area contributed by atoms with Crippen molar-refractivity contribution in [3.8, 4) is 0 Å². The van der Waals surface area contributed by atoms with Gasteiger partial charge in [-0.2, -0.15) is 5.10 Å². The van der Waals surface area contributed by atoms with E-state index in [0.717, 1.165) is 19.5 Å². The Labute approximate surface area is 84.1 Å². The Balaban J connectivity index is 2.20. The lowest BCUT2D eigenvalue weighted by molar-refractivity contribution is 0.487. The summed E-state index contributed by atoms with van der Waals surface area (Å²) in [6, 6.07) is 0.575. The first-order valence-electron chi connectivity index (χ1n) is 4.63. The standard InChI is InChI=1S/C9H16ClN3/c1-3-8(2)11-4-5-13-7-9(10)6-12-13/h6-8,11H,3-5H2,1-2H3. The second kappa shape index (κ2) is 5.25. The third kappa shape index (κ3) is 3.79. The maximum atomic E-state index is 5.73. The summed E-state index contributed by atoms with van der Waals surface area (Å²) < 4.78 is 1.84. The molecular formula is C9H16ClN3. The van der Waals surface area contributed by atoms with E-state index in [2.05, 4.69) is 24.3 Å². The van der Waals surface area contributed by atoms with Crippen LogP contribution in [-0.2, 0) is 6.54 Å². The van der Waals surface area contributed by atoms with E-state index in [1.54, 1.807) is 6.20 Å². The number of aromatic nitrogens is 2. The van der Waals surface area contributed by atoms with Gasteiger partial charge in [-0.3, -0.25) is 4.68 Å². The molecule has 0 spiro atoms. The average molecular weight is 202 g/mol. The molecule has 1 N–H and O–H groups in total. The van der Waals surface area contributed by atoms with E-state index in [1.165, 1.54) is 0 Å². The van der Waals surface area contributed by atoms with Crippen LogP contribution in [0.15, 0.2) is 12.4 Å². The molecule has 0 saturated carbocycles. The minimum absolute atomic E-state index is 0.575. The van der Waals surface area contributed by atoms with E-state index in [-0.39, 0.29) is 0 Å². The minimum Gasteiger partial charge on any atom is -0.312 e. The Morgan fingerprint density at radius 1 is 1.69 bits per heavy atom. The van der Waals surface area contributed by atoms with Crippen LogP contribution in [0, 0.1) is 0 Å². The highest BCUT2D eigenvalue weighted by molar-refractivity contribution is 6.30. The molecule has 1 heterocycles. The Bertz CT molecular complexity index is 247. The summed E-state index contributed by atoms with van der Waals surface area (Å²) in [5.74, 6) is 0. The minimum atomic E-state index is 0.575. The zero-order valence-electron chi connectivity index (χ0n) is 8.13. The van der Waals surface area contributed by atoms with Gasteiger partial charge in [0.05, 0.1) is 17.8 Å². The Morgan fingerprint density at radius 2 is 2.46 bits per heavy atom. The molecule has 4 heteroatoms. The van der Waals surface area contributed by atoms with Crippen LogP contribution >= 0.6 is 11.6 Å². The van der Waals surface area contributed by atoms with E-state index >= 15 is 0 Å². The predicted molar refractivity (Wildman–Crippen MR) is 55.0 cm³/mol. The van der Waals surface area contributed by atoms with Crippen LogP contribution in [0.2, 0.25) is 5.02 Å². The van der Waals surface area contributed by atoms with Crippen LogP contribution in [0.5, 0.6) is 0 Å². The first kappa shape index (κ1) is 10.5. The van der Waals surface area contributed by atoms with Gasteiger partial charge in [-0.25, -0.2) is 0 Å². The van der Waals surface area contributed by atoms with Gasteiger partial charge >= 0.3 is 0 Å². The first-order valence-corrected chi connectivity index (χ1v) is 5.01. The van der Waals surface area contributed by atoms with Crippen molar-refractivity contribution >= 4 is 11.6 Å². The molecule has 0 fully saturated rings. The number of halogens is 1. The van der Waals surface area contributed by atoms with Crippen LogP contribution in [0.3, 0.4) is 0 Å². The molecule has 1 atom stereocenters. The summed E-state index contributed by atoms with van der Waals surface area (Å²) in [5.41, 5.74) is 0. The number of nitrogens with zero attached hydrogens (tertiary/aromatic N) is 2. The van der Waals surface area contributed by atoms with Crippen molar-refractivity contribution in [2.24, 2.45) is 0 Å². The number of rotatable bonds is 5. The molecule has 0 aliphatic heterocycles. The smallest absolute Gasteiger partial charge is 0.0785 e. The largest absolute Gasteiger partial charge is 0.312 e. The second-order valence-electron chi connectivity index (χ2n) is 3.19. The fourth-order valence-corrected chi connectivity index (χ4v) is 1.19. The first-order chi connectivity index (χ1) is 6.22. The SMILES string of the molecule is CCC(C)NCCn1cc(Cl)cn1. The van der Waals surface area contributed by atoms with E-state index in [1.807, 2.05) is 10.9 Å². The highest BCUT2D eigenvalue weighted by atomic mass is 35.5. The molecule has 0 radical (unpaired) electrons. The van der Waals surface area contributed by atoms with Gasteiger partial charge in [0.15, 0.2) is 0 Å². The number of nitrogens with one attached hydrogen (secondary N) is 1. The van der Waals surface area contributed by atoms with E-state index in [0.29, 0.717) is 11.1 Å². The van der Waals surface area contributed by atoms with Crippen molar-refractivity contribution in [2.75, 3.05) is 6.54 Å². The van der Waals surface area contributed by atoms with Crippen LogP contribution in [0.25, 0.3) is 0 Å². The third-order valence-electron chi connectivity index (χ3n) is 2.05. The Kier molecular flexibility index (Phi) is 4.25. The maximum absolute atomic E-state index is 5.73. The molecule has 1 rings (SSSR count). The molecule has 0 amide bonds. The lowest BCUT2D eigenvalue weighted by Gasteiger charge is -2.10. The maximum Gasteiger partial charge on any atom is 0.0785 e. The molecule has 1 aromatic rings. The molecule has 74 valence electrons. The van der Waals surface area contributed by atoms with Gasteiger partial charge in [-0.05, 0) is 13.3 Å². The molecule has 13 heavy (non-hydrogen) atoms. The molecule has 3 nitrogen and oxygen atoms in total. The molecular weight excluding hydrogens is 186 g/mol. The van der Waals surface area contributed by atoms with E-state index in [4.69, 9.17) is 11.6 Å². The van der Waals surface area contributed by atoms with Gasteiger partial charge in [0.1, 0.15) is 0 Å². The van der Waals surface area contributed by atoms with Crippen molar-refractivity contribution in [3.05, 3.63) is 17.4 Å². The van der Waals surface area contributed by atoms with Crippen molar-refractivity contribution in [1.82, 2.24) is 15.1 Å². The second-order valence-corrected chi connectivity index (χ2v) is 3.62. The molecule has 1 aromatic heterocycles. The topological polar surface area (TPSA) is 29.9 Å². The van der Waals surface area contributed by atoms with Gasteiger partial charge in [-0.15, -0.1) is 0 Å². The summed E-state index contributed by atoms with van der Waals surface area (Å²) in [6.45, 7) is 6.16. The van der Waals surface area contributed by atoms with Crippen LogP contribution in [-0.4, -0.2) is 22.4 Å². The van der Waals surface area contributed by atoms with Crippen molar-refractivity contribution in [3.63, 3.8) is 0 Å². The van der Waals surface area contributed by atoms with Crippen LogP contribution in [0.1, 0.15) is 20.3 Å². The number of hydrogen-bond acceptors (Lipinski definition) is 2. The average Bonchev–Trinajstić information content (AvgIpc) is 2.51. The van der Waals surface area contributed by atoms with Gasteiger partial charge in [-0.1, -0.05) is 18.5 Å². The molecule has 0 aliphatic rings. The summed E-state index contributed by atoms with van der Waals surface area (Å²) in [6.07, 6.45) is 4.64. The molecule has 0 aliphatic carbocycles. The summed E-state index contributed by atoms with van der Waals surface area (Å²) in [5, 5.41) is 8.17. The molecule has 1 unspecified atom stereocenters. The molecule has 0 aromatic carbocycles. The summed E-state index contributed by atoms with van der Waals surface area (Å²) in [7, 11) is 0. The number of hydrogen-bond donors (Lipinski definition) is 1. The summed E-state index contributed by atoms with van der Waals surface area (Å²) >= 11 is 5.73. The van der Waals surface area contributed by atoms with Crippen LogP contribution < -0.4 is 5.32 Å². The van der Waals surface area contributed by atoms with Gasteiger partial charge in [0.25, 0.3) is 0 Å². The zero-order chi connectivity index (χ0) is 9.68. The Hall–Kier alpha value is -0.540. The fraction of sp³-hybridized carbons (Fsp3) is 0.667. The van der Waals surface area contributed by atoms with E-state index < -0.39 is 0 Å². The van der Waals surface area contributed by atoms with Crippen molar-refractivity contribution in [2.45, 2.75) is 32.9 Å². The highest BCUT2D eigenvalue weighted by Crippen LogP contribution is 2.03. The fourth-order valence-electron chi connectivity index (χ4n) is 1.03. The van der Waals surface area contributed by atoms with Crippen molar-refractivity contribution < 1.29 is 0 Å². The summed E-state index contributed by atoms with van der Waals surface area (Å²) in [4.78, 5) is 0. The van der Waals surface area contributed by atoms with Gasteiger partial charge in [0.2, 0.25) is 0 Å². The predicted octanol–water partition coefficient (Wildman–Crippen LogP) is 1.92. The molecule has 0 saturated heterocycles. The third-order valence-corrected chi connectivity index (χ3v) is 2.24. The van der Waals surface area contributed by atoms with Gasteiger partial charge in [0, 0.05) is 18.8 Å². The van der Waals surface area contributed by atoms with Crippen molar-refractivity contribution in [1.29, 1.82) is 0 Å². The lowest BCUT2D eigenvalue weighted by Crippen LogP contribution is -2.28. The highest BCUT2D eigenvalue weighted by Gasteiger charge is 1.97. The zero-order valence-corrected chi connectivity index (χ0v) is 8.88. The Morgan fingerprint density at radius 3 is 3.00 bits per heavy atom. The quantitative estimate of drug-likeness (QED) is 0.789. The normalized spacial score (nSPS) is 13.2. The van der Waals surface area contributed by atoms with E-state index in [9.17, 15) is 0 Å². The molecule has 0 bridgehead atoms. The monoisotopic (exact) mass is 201 g/mol. The van der Waals surface area contributed by atoms with Gasteiger partial charge < -0.3 is 5.32 Å². The van der Waals surface area contributed by atoms with Crippen LogP contribution in [0.4, 0.5) is 0 Å².